The molecule has 0 heterocycles. The SMILES string of the molecule is CNc1ccc(N)c(C(C)N)c1. The van der Waals surface area contributed by atoms with Crippen molar-refractivity contribution in [1.29, 1.82) is 0 Å². The average molecular weight is 165 g/mol. The predicted molar refractivity (Wildman–Crippen MR) is 53.0 cm³/mol. The number of nitrogen functional groups attached to an aromatic ring is 1. The van der Waals surface area contributed by atoms with Crippen molar-refractivity contribution in [2.45, 2.75) is 13.0 Å². The summed E-state index contributed by atoms with van der Waals surface area (Å²) in [5, 5.41) is 3.04. The van der Waals surface area contributed by atoms with Gasteiger partial charge >= 0.3 is 0 Å². The zero-order chi connectivity index (χ0) is 9.14. The molecule has 12 heavy (non-hydrogen) atoms. The van der Waals surface area contributed by atoms with Crippen molar-refractivity contribution >= 4 is 11.4 Å². The quantitative estimate of drug-likeness (QED) is 0.579. The van der Waals surface area contributed by atoms with E-state index in [1.165, 1.54) is 0 Å². The highest BCUT2D eigenvalue weighted by molar-refractivity contribution is 5.57. The zero-order valence-corrected chi connectivity index (χ0v) is 7.46. The molecular formula is C9H15N3. The minimum absolute atomic E-state index is 0.0155. The second-order valence-corrected chi connectivity index (χ2v) is 2.88. The summed E-state index contributed by atoms with van der Waals surface area (Å²) in [6.45, 7) is 1.92. The molecule has 0 radical (unpaired) electrons. The summed E-state index contributed by atoms with van der Waals surface area (Å²) in [4.78, 5) is 0. The van der Waals surface area contributed by atoms with E-state index >= 15 is 0 Å². The molecule has 0 aliphatic heterocycles. The van der Waals surface area contributed by atoms with Crippen LogP contribution in [0.3, 0.4) is 0 Å². The Bertz CT molecular complexity index is 268. The van der Waals surface area contributed by atoms with Gasteiger partial charge in [0, 0.05) is 24.5 Å². The van der Waals surface area contributed by atoms with Gasteiger partial charge in [0.05, 0.1) is 0 Å². The molecule has 1 unspecified atom stereocenters. The van der Waals surface area contributed by atoms with E-state index in [0.717, 1.165) is 16.9 Å². The summed E-state index contributed by atoms with van der Waals surface area (Å²) in [7, 11) is 1.87. The van der Waals surface area contributed by atoms with Crippen molar-refractivity contribution in [3.05, 3.63) is 23.8 Å². The maximum Gasteiger partial charge on any atom is 0.0363 e. The highest BCUT2D eigenvalue weighted by Crippen LogP contribution is 2.21. The van der Waals surface area contributed by atoms with Crippen LogP contribution in [0.5, 0.6) is 0 Å². The highest BCUT2D eigenvalue weighted by atomic mass is 14.8. The third kappa shape index (κ3) is 1.68. The maximum atomic E-state index is 5.74. The molecule has 1 rings (SSSR count). The molecule has 3 heteroatoms. The van der Waals surface area contributed by atoms with Gasteiger partial charge in [0.25, 0.3) is 0 Å². The fourth-order valence-corrected chi connectivity index (χ4v) is 1.12. The van der Waals surface area contributed by atoms with Gasteiger partial charge < -0.3 is 16.8 Å². The molecule has 0 saturated heterocycles. The van der Waals surface area contributed by atoms with Crippen LogP contribution in [0, 0.1) is 0 Å². The molecule has 1 aromatic carbocycles. The second-order valence-electron chi connectivity index (χ2n) is 2.88. The minimum atomic E-state index is -0.0155. The van der Waals surface area contributed by atoms with E-state index in [1.807, 2.05) is 32.2 Å². The molecule has 0 fully saturated rings. The number of hydrogen-bond donors (Lipinski definition) is 3. The maximum absolute atomic E-state index is 5.74. The topological polar surface area (TPSA) is 64.1 Å². The Labute approximate surface area is 72.8 Å². The first-order chi connectivity index (χ1) is 5.65. The van der Waals surface area contributed by atoms with Gasteiger partial charge in [0.15, 0.2) is 0 Å². The van der Waals surface area contributed by atoms with Crippen LogP contribution in [0.25, 0.3) is 0 Å². The van der Waals surface area contributed by atoms with Gasteiger partial charge in [0.2, 0.25) is 0 Å². The molecule has 3 nitrogen and oxygen atoms in total. The Morgan fingerprint density at radius 1 is 1.42 bits per heavy atom. The average Bonchev–Trinajstić information content (AvgIpc) is 2.05. The summed E-state index contributed by atoms with van der Waals surface area (Å²) in [5.74, 6) is 0. The van der Waals surface area contributed by atoms with Crippen molar-refractivity contribution in [3.8, 4) is 0 Å². The normalized spacial score (nSPS) is 12.6. The van der Waals surface area contributed by atoms with Crippen LogP contribution in [-0.4, -0.2) is 7.05 Å². The van der Waals surface area contributed by atoms with E-state index in [0.29, 0.717) is 0 Å². The molecule has 0 aromatic heterocycles. The van der Waals surface area contributed by atoms with Crippen molar-refractivity contribution < 1.29 is 0 Å². The van der Waals surface area contributed by atoms with Crippen LogP contribution in [0.4, 0.5) is 11.4 Å². The lowest BCUT2D eigenvalue weighted by Crippen LogP contribution is -2.08. The lowest BCUT2D eigenvalue weighted by Gasteiger charge is -2.11. The first-order valence-corrected chi connectivity index (χ1v) is 3.98. The van der Waals surface area contributed by atoms with E-state index in [1.54, 1.807) is 0 Å². The summed E-state index contributed by atoms with van der Waals surface area (Å²) in [6.07, 6.45) is 0. The molecule has 1 atom stereocenters. The van der Waals surface area contributed by atoms with Gasteiger partial charge in [-0.05, 0) is 30.7 Å². The van der Waals surface area contributed by atoms with Crippen LogP contribution in [0.2, 0.25) is 0 Å². The number of nitrogens with two attached hydrogens (primary N) is 2. The first-order valence-electron chi connectivity index (χ1n) is 3.98. The third-order valence-corrected chi connectivity index (χ3v) is 1.87. The Balaban J connectivity index is 3.08. The molecule has 0 spiro atoms. The van der Waals surface area contributed by atoms with Crippen molar-refractivity contribution in [2.24, 2.45) is 5.73 Å². The molecule has 5 N–H and O–H groups in total. The van der Waals surface area contributed by atoms with E-state index in [9.17, 15) is 0 Å². The molecule has 1 aromatic rings. The number of anilines is 2. The van der Waals surface area contributed by atoms with Gasteiger partial charge in [-0.15, -0.1) is 0 Å². The van der Waals surface area contributed by atoms with Crippen LogP contribution >= 0.6 is 0 Å². The highest BCUT2D eigenvalue weighted by Gasteiger charge is 2.04. The van der Waals surface area contributed by atoms with Gasteiger partial charge in [-0.1, -0.05) is 0 Å². The molecular weight excluding hydrogens is 150 g/mol. The number of hydrogen-bond acceptors (Lipinski definition) is 3. The van der Waals surface area contributed by atoms with Gasteiger partial charge in [-0.3, -0.25) is 0 Å². The molecule has 0 bridgehead atoms. The van der Waals surface area contributed by atoms with Crippen LogP contribution in [0.1, 0.15) is 18.5 Å². The zero-order valence-electron chi connectivity index (χ0n) is 7.46. The fraction of sp³-hybridized carbons (Fsp3) is 0.333. The molecule has 0 saturated carbocycles. The standard InChI is InChI=1S/C9H15N3/c1-6(10)8-5-7(12-2)3-4-9(8)11/h3-6,12H,10-11H2,1-2H3. The number of benzene rings is 1. The second kappa shape index (κ2) is 3.45. The van der Waals surface area contributed by atoms with E-state index < -0.39 is 0 Å². The van der Waals surface area contributed by atoms with E-state index in [-0.39, 0.29) is 6.04 Å². The van der Waals surface area contributed by atoms with Gasteiger partial charge in [-0.2, -0.15) is 0 Å². The van der Waals surface area contributed by atoms with Crippen molar-refractivity contribution in [3.63, 3.8) is 0 Å². The number of rotatable bonds is 2. The van der Waals surface area contributed by atoms with Crippen molar-refractivity contribution in [1.82, 2.24) is 0 Å². The summed E-state index contributed by atoms with van der Waals surface area (Å²) in [5.41, 5.74) is 14.2. The largest absolute Gasteiger partial charge is 0.398 e. The molecule has 66 valence electrons. The molecule has 0 aliphatic rings. The Morgan fingerprint density at radius 3 is 2.58 bits per heavy atom. The monoisotopic (exact) mass is 165 g/mol. The lowest BCUT2D eigenvalue weighted by molar-refractivity contribution is 0.821. The Morgan fingerprint density at radius 2 is 2.08 bits per heavy atom. The summed E-state index contributed by atoms with van der Waals surface area (Å²) < 4.78 is 0. The Kier molecular flexibility index (Phi) is 2.55. The smallest absolute Gasteiger partial charge is 0.0363 e. The van der Waals surface area contributed by atoms with Gasteiger partial charge in [0.1, 0.15) is 0 Å². The number of nitrogens with one attached hydrogen (secondary N) is 1. The Hall–Kier alpha value is -1.22. The van der Waals surface area contributed by atoms with Crippen LogP contribution < -0.4 is 16.8 Å². The molecule has 0 amide bonds. The summed E-state index contributed by atoms with van der Waals surface area (Å²) in [6, 6.07) is 5.75. The fourth-order valence-electron chi connectivity index (χ4n) is 1.12. The van der Waals surface area contributed by atoms with Gasteiger partial charge in [-0.25, -0.2) is 0 Å². The van der Waals surface area contributed by atoms with E-state index in [2.05, 4.69) is 5.32 Å². The van der Waals surface area contributed by atoms with E-state index in [4.69, 9.17) is 11.5 Å². The third-order valence-electron chi connectivity index (χ3n) is 1.87. The molecule has 0 aliphatic carbocycles. The lowest BCUT2D eigenvalue weighted by atomic mass is 10.1. The summed E-state index contributed by atoms with van der Waals surface area (Å²) >= 11 is 0. The first kappa shape index (κ1) is 8.87. The van der Waals surface area contributed by atoms with Crippen LogP contribution in [0.15, 0.2) is 18.2 Å². The predicted octanol–water partition coefficient (Wildman–Crippen LogP) is 1.33. The van der Waals surface area contributed by atoms with Crippen molar-refractivity contribution in [2.75, 3.05) is 18.1 Å². The minimum Gasteiger partial charge on any atom is -0.398 e. The van der Waals surface area contributed by atoms with Crippen LogP contribution in [-0.2, 0) is 0 Å².